The summed E-state index contributed by atoms with van der Waals surface area (Å²) in [5, 5.41) is 9.36. The van der Waals surface area contributed by atoms with E-state index in [4.69, 9.17) is 0 Å². The van der Waals surface area contributed by atoms with Gasteiger partial charge in [0, 0.05) is 6.42 Å². The Labute approximate surface area is 97.1 Å². The maximum atomic E-state index is 10.5. The Kier molecular flexibility index (Phi) is 5.17. The minimum atomic E-state index is -3.89. The predicted octanol–water partition coefficient (Wildman–Crippen LogP) is 2.06. The van der Waals surface area contributed by atoms with Crippen molar-refractivity contribution in [1.29, 1.82) is 0 Å². The molecule has 5 nitrogen and oxygen atoms in total. The van der Waals surface area contributed by atoms with Gasteiger partial charge in [0.1, 0.15) is 0 Å². The van der Waals surface area contributed by atoms with Gasteiger partial charge in [-0.25, -0.2) is 0 Å². The minimum Gasteiger partial charge on any atom is -0.342 e. The molecule has 1 aliphatic rings. The summed E-state index contributed by atoms with van der Waals surface area (Å²) in [6.07, 6.45) is 7.88. The second kappa shape index (κ2) is 5.95. The number of unbranched alkanes of at least 4 members (excludes halogenated alkanes) is 6. The van der Waals surface area contributed by atoms with Gasteiger partial charge < -0.3 is 5.11 Å². The van der Waals surface area contributed by atoms with Crippen molar-refractivity contribution in [2.45, 2.75) is 64.3 Å². The number of hydrogen-bond donors (Lipinski definition) is 1. The molecule has 6 heteroatoms. The van der Waals surface area contributed by atoms with E-state index in [0.717, 1.165) is 12.8 Å². The van der Waals surface area contributed by atoms with Gasteiger partial charge in [0.05, 0.1) is 0 Å². The summed E-state index contributed by atoms with van der Waals surface area (Å²) in [5.41, 5.74) is 0. The van der Waals surface area contributed by atoms with Gasteiger partial charge in [-0.1, -0.05) is 45.4 Å². The van der Waals surface area contributed by atoms with Gasteiger partial charge in [-0.2, -0.15) is 16.8 Å². The molecule has 1 rings (SSSR count). The molecule has 0 aromatic carbocycles. The average molecular weight is 252 g/mol. The molecule has 0 saturated carbocycles. The van der Waals surface area contributed by atoms with Crippen LogP contribution in [0.15, 0.2) is 0 Å². The largest absolute Gasteiger partial charge is 0.409 e. The lowest BCUT2D eigenvalue weighted by Gasteiger charge is -2.33. The Morgan fingerprint density at radius 2 is 1.50 bits per heavy atom. The molecule has 0 radical (unpaired) electrons. The summed E-state index contributed by atoms with van der Waals surface area (Å²) in [7, 11) is -3.89. The van der Waals surface area contributed by atoms with Crippen LogP contribution < -0.4 is 0 Å². The molecule has 0 bridgehead atoms. The van der Waals surface area contributed by atoms with Gasteiger partial charge in [-0.3, -0.25) is 0 Å². The summed E-state index contributed by atoms with van der Waals surface area (Å²) < 4.78 is 29.5. The molecule has 0 aromatic heterocycles. The van der Waals surface area contributed by atoms with E-state index in [1.165, 1.54) is 25.7 Å². The summed E-state index contributed by atoms with van der Waals surface area (Å²) in [6, 6.07) is 0. The lowest BCUT2D eigenvalue weighted by molar-refractivity contribution is -0.329. The highest BCUT2D eigenvalue weighted by molar-refractivity contribution is 7.82. The topological polar surface area (TPSA) is 72.8 Å². The van der Waals surface area contributed by atoms with Gasteiger partial charge in [0.15, 0.2) is 0 Å². The third-order valence-electron chi connectivity index (χ3n) is 2.56. The molecule has 1 aliphatic heterocycles. The summed E-state index contributed by atoms with van der Waals surface area (Å²) in [4.78, 5) is 0. The Morgan fingerprint density at radius 3 is 2.00 bits per heavy atom. The zero-order chi connectivity index (χ0) is 12.1. The predicted molar refractivity (Wildman–Crippen MR) is 58.6 cm³/mol. The van der Waals surface area contributed by atoms with E-state index in [1.807, 2.05) is 0 Å². The first-order valence-corrected chi connectivity index (χ1v) is 7.19. The highest BCUT2D eigenvalue weighted by atomic mass is 32.3. The fourth-order valence-corrected chi connectivity index (χ4v) is 2.53. The first kappa shape index (κ1) is 13.9. The fourth-order valence-electron chi connectivity index (χ4n) is 1.71. The lowest BCUT2D eigenvalue weighted by atomic mass is 10.1. The van der Waals surface area contributed by atoms with E-state index in [0.29, 0.717) is 6.42 Å². The molecule has 0 aliphatic carbocycles. The molecule has 96 valence electrons. The smallest absolute Gasteiger partial charge is 0.342 e. The summed E-state index contributed by atoms with van der Waals surface area (Å²) >= 11 is 0. The second-order valence-electron chi connectivity index (χ2n) is 4.16. The lowest BCUT2D eigenvalue weighted by Crippen LogP contribution is -2.50. The van der Waals surface area contributed by atoms with Gasteiger partial charge in [-0.05, 0) is 6.42 Å². The molecule has 0 atom stereocenters. The van der Waals surface area contributed by atoms with E-state index in [9.17, 15) is 13.5 Å². The molecule has 0 amide bonds. The molecule has 16 heavy (non-hydrogen) atoms. The highest BCUT2D eigenvalue weighted by Gasteiger charge is 2.50. The van der Waals surface area contributed by atoms with Crippen LogP contribution in [0.5, 0.6) is 0 Å². The SMILES string of the molecule is CCCCCCCCCC1(O)OS(=O)(=O)O1. The standard InChI is InChI=1S/C10H20O5S/c1-2-3-4-5-6-7-8-9-10(11)14-16(12,13)15-10/h11H,2-9H2,1H3. The Hall–Kier alpha value is -0.170. The third-order valence-corrected chi connectivity index (χ3v) is 3.49. The van der Waals surface area contributed by atoms with Crippen LogP contribution in [-0.4, -0.2) is 19.5 Å². The minimum absolute atomic E-state index is 0.208. The van der Waals surface area contributed by atoms with Gasteiger partial charge in [-0.15, -0.1) is 0 Å². The zero-order valence-electron chi connectivity index (χ0n) is 9.65. The van der Waals surface area contributed by atoms with Crippen molar-refractivity contribution >= 4 is 10.4 Å². The molecule has 1 heterocycles. The Bertz CT molecular complexity index is 286. The molecule has 1 saturated heterocycles. The van der Waals surface area contributed by atoms with Crippen LogP contribution >= 0.6 is 0 Å². The van der Waals surface area contributed by atoms with E-state index in [1.54, 1.807) is 0 Å². The quantitative estimate of drug-likeness (QED) is 0.669. The normalized spacial score (nSPS) is 21.6. The van der Waals surface area contributed by atoms with Crippen molar-refractivity contribution in [2.75, 3.05) is 0 Å². The van der Waals surface area contributed by atoms with Crippen LogP contribution in [0, 0.1) is 0 Å². The van der Waals surface area contributed by atoms with Crippen molar-refractivity contribution in [3.63, 3.8) is 0 Å². The first-order chi connectivity index (χ1) is 7.47. The fraction of sp³-hybridized carbons (Fsp3) is 1.00. The van der Waals surface area contributed by atoms with Crippen LogP contribution in [0.25, 0.3) is 0 Å². The van der Waals surface area contributed by atoms with E-state index in [-0.39, 0.29) is 6.42 Å². The molecular weight excluding hydrogens is 232 g/mol. The molecular formula is C10H20O5S. The van der Waals surface area contributed by atoms with Crippen molar-refractivity contribution in [1.82, 2.24) is 0 Å². The van der Waals surface area contributed by atoms with Crippen LogP contribution in [0.3, 0.4) is 0 Å². The van der Waals surface area contributed by atoms with Crippen molar-refractivity contribution in [3.05, 3.63) is 0 Å². The number of hydrogen-bond acceptors (Lipinski definition) is 5. The first-order valence-electron chi connectivity index (χ1n) is 5.86. The Balaban J connectivity index is 1.96. The highest BCUT2D eigenvalue weighted by Crippen LogP contribution is 2.32. The van der Waals surface area contributed by atoms with Crippen LogP contribution in [0.2, 0.25) is 0 Å². The van der Waals surface area contributed by atoms with Crippen LogP contribution in [0.4, 0.5) is 0 Å². The molecule has 0 spiro atoms. The molecule has 1 N–H and O–H groups in total. The van der Waals surface area contributed by atoms with Gasteiger partial charge >= 0.3 is 16.4 Å². The maximum Gasteiger partial charge on any atom is 0.409 e. The van der Waals surface area contributed by atoms with Gasteiger partial charge in [0.2, 0.25) is 0 Å². The average Bonchev–Trinajstić information content (AvgIpc) is 2.13. The van der Waals surface area contributed by atoms with Crippen molar-refractivity contribution < 1.29 is 21.9 Å². The number of aliphatic hydroxyl groups is 1. The van der Waals surface area contributed by atoms with E-state index >= 15 is 0 Å². The third kappa shape index (κ3) is 4.78. The zero-order valence-corrected chi connectivity index (χ0v) is 10.5. The summed E-state index contributed by atoms with van der Waals surface area (Å²) in [5.74, 6) is -1.89. The maximum absolute atomic E-state index is 10.5. The van der Waals surface area contributed by atoms with Crippen LogP contribution in [-0.2, 0) is 18.8 Å². The van der Waals surface area contributed by atoms with Gasteiger partial charge in [0.25, 0.3) is 0 Å². The van der Waals surface area contributed by atoms with Crippen LogP contribution in [0.1, 0.15) is 58.3 Å². The monoisotopic (exact) mass is 252 g/mol. The number of rotatable bonds is 8. The molecule has 0 aromatic rings. The second-order valence-corrected chi connectivity index (χ2v) is 5.31. The van der Waals surface area contributed by atoms with E-state index < -0.39 is 16.4 Å². The summed E-state index contributed by atoms with van der Waals surface area (Å²) in [6.45, 7) is 2.17. The van der Waals surface area contributed by atoms with Crippen molar-refractivity contribution in [3.8, 4) is 0 Å². The molecule has 0 unspecified atom stereocenters. The molecule has 1 fully saturated rings. The van der Waals surface area contributed by atoms with E-state index in [2.05, 4.69) is 15.3 Å². The Morgan fingerprint density at radius 1 is 1.00 bits per heavy atom. The van der Waals surface area contributed by atoms with Crippen molar-refractivity contribution in [2.24, 2.45) is 0 Å².